The van der Waals surface area contributed by atoms with Gasteiger partial charge in [-0.3, -0.25) is 14.3 Å². The fourth-order valence-electron chi connectivity index (χ4n) is 2.95. The van der Waals surface area contributed by atoms with Crippen LogP contribution in [0.2, 0.25) is 0 Å². The first-order valence-electron chi connectivity index (χ1n) is 11.4. The molecule has 0 aliphatic heterocycles. The zero-order chi connectivity index (χ0) is 27.4. The third-order valence-electron chi connectivity index (χ3n) is 4.65. The largest absolute Gasteiger partial charge is 0.451 e. The number of nitrogens with two attached hydrogens (primary N) is 1. The minimum Gasteiger partial charge on any atom is -0.451 e. The smallest absolute Gasteiger partial charge is 0.391 e. The number of guanidine groups is 1. The zero-order valence-corrected chi connectivity index (χ0v) is 22.0. The second-order valence-corrected chi connectivity index (χ2v) is 9.26. The highest BCUT2D eigenvalue weighted by molar-refractivity contribution is 7.92. The summed E-state index contributed by atoms with van der Waals surface area (Å²) in [7, 11) is -3.99. The molecule has 0 unspecified atom stereocenters. The first-order chi connectivity index (χ1) is 17.6. The predicted molar refractivity (Wildman–Crippen MR) is 139 cm³/mol. The van der Waals surface area contributed by atoms with E-state index < -0.39 is 21.5 Å². The van der Waals surface area contributed by atoms with Crippen molar-refractivity contribution in [2.75, 3.05) is 31.1 Å². The highest BCUT2D eigenvalue weighted by atomic mass is 32.2. The Kier molecular flexibility index (Phi) is 10.9. The number of aryl methyl sites for hydroxylation is 2. The van der Waals surface area contributed by atoms with Gasteiger partial charge in [0.05, 0.1) is 24.7 Å². The first kappa shape index (κ1) is 29.2. The molecule has 0 saturated heterocycles. The van der Waals surface area contributed by atoms with Crippen LogP contribution in [0.5, 0.6) is 0 Å². The molecule has 1 amide bonds. The van der Waals surface area contributed by atoms with Gasteiger partial charge in [-0.05, 0) is 62.7 Å². The molecule has 202 valence electrons. The normalized spacial score (nSPS) is 11.4. The number of anilines is 1. The highest BCUT2D eigenvalue weighted by Gasteiger charge is 2.18. The van der Waals surface area contributed by atoms with E-state index in [1.165, 1.54) is 18.2 Å². The average molecular weight is 537 g/mol. The molecule has 2 rings (SSSR count). The number of hydrogen-bond acceptors (Lipinski definition) is 8. The number of nitrogens with zero attached hydrogens (tertiary/aromatic N) is 3. The molecule has 1 aromatic carbocycles. The number of nitrogens with one attached hydrogen (secondary N) is 2. The van der Waals surface area contributed by atoms with Crippen LogP contribution in [0.15, 0.2) is 56.2 Å². The first-order valence-corrected chi connectivity index (χ1v) is 12.9. The summed E-state index contributed by atoms with van der Waals surface area (Å²) in [5.74, 6) is -0.715. The van der Waals surface area contributed by atoms with Crippen molar-refractivity contribution in [2.45, 2.75) is 39.1 Å². The lowest BCUT2D eigenvalue weighted by atomic mass is 10.2. The third-order valence-corrected chi connectivity index (χ3v) is 6.02. The molecule has 0 atom stereocenters. The molecular weight excluding hydrogens is 504 g/mol. The van der Waals surface area contributed by atoms with Crippen LogP contribution in [0.25, 0.3) is 0 Å². The molecule has 4 N–H and O–H groups in total. The maximum absolute atomic E-state index is 12.9. The molecule has 0 aliphatic rings. The maximum Gasteiger partial charge on any atom is 0.391 e. The summed E-state index contributed by atoms with van der Waals surface area (Å²) in [5.41, 5.74) is 6.02. The number of ether oxygens (including phenoxy) is 2. The lowest BCUT2D eigenvalue weighted by Crippen LogP contribution is -2.36. The number of hydrogen-bond donors (Lipinski definition) is 3. The molecule has 13 nitrogen and oxygen atoms in total. The van der Waals surface area contributed by atoms with Gasteiger partial charge in [0.25, 0.3) is 21.5 Å². The number of carbonyl (C=O) groups excluding carboxylic acids is 1. The number of aromatic nitrogens is 1. The quantitative estimate of drug-likeness (QED) is 0.165. The van der Waals surface area contributed by atoms with Gasteiger partial charge in [-0.1, -0.05) is 12.1 Å². The van der Waals surface area contributed by atoms with E-state index in [1.807, 2.05) is 0 Å². The van der Waals surface area contributed by atoms with Gasteiger partial charge in [0.2, 0.25) is 5.91 Å². The van der Waals surface area contributed by atoms with Gasteiger partial charge < -0.3 is 29.9 Å². The molecule has 0 fully saturated rings. The molecule has 0 aliphatic carbocycles. The number of amides is 1. The van der Waals surface area contributed by atoms with E-state index in [9.17, 15) is 18.0 Å². The highest BCUT2D eigenvalue weighted by Crippen LogP contribution is 2.15. The van der Waals surface area contributed by atoms with E-state index >= 15 is 0 Å². The van der Waals surface area contributed by atoms with E-state index in [0.717, 1.165) is 10.1 Å². The van der Waals surface area contributed by atoms with Crippen LogP contribution in [0.1, 0.15) is 25.1 Å². The molecule has 0 radical (unpaired) electrons. The fourth-order valence-corrected chi connectivity index (χ4v) is 4.11. The minimum absolute atomic E-state index is 0.0230. The summed E-state index contributed by atoms with van der Waals surface area (Å²) in [5, 5.41) is 6.17. The molecule has 37 heavy (non-hydrogen) atoms. The van der Waals surface area contributed by atoms with Gasteiger partial charge in [0.15, 0.2) is 0 Å². The second kappa shape index (κ2) is 13.9. The van der Waals surface area contributed by atoms with Gasteiger partial charge in [-0.15, -0.1) is 4.99 Å². The second-order valence-electron chi connectivity index (χ2n) is 7.58. The Labute approximate surface area is 215 Å². The predicted octanol–water partition coefficient (Wildman–Crippen LogP) is 1.06. The van der Waals surface area contributed by atoms with Gasteiger partial charge in [0, 0.05) is 5.69 Å². The van der Waals surface area contributed by atoms with Crippen molar-refractivity contribution < 1.29 is 27.5 Å². The van der Waals surface area contributed by atoms with Crippen LogP contribution in [0.3, 0.4) is 0 Å². The third kappa shape index (κ3) is 9.14. The topological polar surface area (TPSA) is 176 Å². The Morgan fingerprint density at radius 1 is 1.11 bits per heavy atom. The monoisotopic (exact) mass is 536 g/mol. The average Bonchev–Trinajstić information content (AvgIpc) is 2.83. The van der Waals surface area contributed by atoms with E-state index in [0.29, 0.717) is 18.9 Å². The number of aliphatic imine (C=N–C) groups is 1. The van der Waals surface area contributed by atoms with E-state index in [4.69, 9.17) is 20.0 Å². The van der Waals surface area contributed by atoms with Crippen LogP contribution in [0, 0.1) is 13.8 Å². The summed E-state index contributed by atoms with van der Waals surface area (Å²) < 4.78 is 39.2. The van der Waals surface area contributed by atoms with E-state index in [1.54, 1.807) is 45.9 Å². The van der Waals surface area contributed by atoms with Crippen molar-refractivity contribution in [3.63, 3.8) is 0 Å². The van der Waals surface area contributed by atoms with Gasteiger partial charge in [-0.25, -0.2) is 8.42 Å². The van der Waals surface area contributed by atoms with Gasteiger partial charge in [0.1, 0.15) is 18.8 Å². The molecule has 0 saturated carbocycles. The van der Waals surface area contributed by atoms with Crippen molar-refractivity contribution in [1.29, 1.82) is 0 Å². The van der Waals surface area contributed by atoms with Gasteiger partial charge >= 0.3 is 6.08 Å². The van der Waals surface area contributed by atoms with Crippen molar-refractivity contribution in [3.05, 3.63) is 58.0 Å². The number of pyridine rings is 1. The Balaban J connectivity index is 1.97. The molecule has 2 aromatic rings. The Morgan fingerprint density at radius 3 is 2.46 bits per heavy atom. The van der Waals surface area contributed by atoms with Gasteiger partial charge in [-0.2, -0.15) is 0 Å². The summed E-state index contributed by atoms with van der Waals surface area (Å²) in [6.07, 6.45) is -0.0348. The fraction of sp³-hybridized carbons (Fsp3) is 0.391. The van der Waals surface area contributed by atoms with E-state index in [-0.39, 0.29) is 42.3 Å². The van der Waals surface area contributed by atoms with Crippen molar-refractivity contribution in [1.82, 2.24) is 9.88 Å². The van der Waals surface area contributed by atoms with Crippen molar-refractivity contribution in [2.24, 2.45) is 15.9 Å². The van der Waals surface area contributed by atoms with Crippen molar-refractivity contribution >= 4 is 33.7 Å². The van der Waals surface area contributed by atoms with Crippen LogP contribution < -0.4 is 21.3 Å². The molecule has 14 heteroatoms. The maximum atomic E-state index is 12.9. The molecular formula is C23H32N6O7S. The summed E-state index contributed by atoms with van der Waals surface area (Å²) >= 11 is 0. The molecule has 1 heterocycles. The SMILES string of the molecule is CCOC(=N/C(N)=N/OCCNC(=O)Cn1c(C)ccc(NS(=O)(=O)c2cccc(C)c2)c1=O)OCC. The zero-order valence-electron chi connectivity index (χ0n) is 21.2. The minimum atomic E-state index is -3.99. The number of oxime groups is 1. The van der Waals surface area contributed by atoms with Crippen molar-refractivity contribution in [3.8, 4) is 0 Å². The van der Waals surface area contributed by atoms with Crippen LogP contribution >= 0.6 is 0 Å². The standard InChI is InChI=1S/C23H32N6O7S/c1-5-34-23(35-6-2)26-22(24)27-36-13-12-25-20(30)15-29-17(4)10-11-19(21(29)31)28-37(32,33)18-9-7-8-16(3)14-18/h7-11,14,28H,5-6,12-13,15H2,1-4H3,(H2,24,27)(H,25,30). The molecule has 1 aromatic heterocycles. The lowest BCUT2D eigenvalue weighted by molar-refractivity contribution is -0.122. The molecule has 0 spiro atoms. The number of benzene rings is 1. The molecule has 0 bridgehead atoms. The van der Waals surface area contributed by atoms with Crippen LogP contribution in [-0.4, -0.2) is 57.3 Å². The Morgan fingerprint density at radius 2 is 1.81 bits per heavy atom. The lowest BCUT2D eigenvalue weighted by Gasteiger charge is -2.13. The Bertz CT molecular complexity index is 1300. The van der Waals surface area contributed by atoms with E-state index in [2.05, 4.69) is 20.2 Å². The number of carbonyl (C=O) groups is 1. The summed E-state index contributed by atoms with van der Waals surface area (Å²) in [4.78, 5) is 34.1. The number of sulfonamides is 1. The Hall–Kier alpha value is -4.07. The van der Waals surface area contributed by atoms with Crippen LogP contribution in [0.4, 0.5) is 5.69 Å². The van der Waals surface area contributed by atoms with Crippen LogP contribution in [-0.2, 0) is 35.7 Å². The summed E-state index contributed by atoms with van der Waals surface area (Å²) in [6, 6.07) is 9.20. The number of rotatable bonds is 11. The summed E-state index contributed by atoms with van der Waals surface area (Å²) in [6.45, 7) is 7.30.